The summed E-state index contributed by atoms with van der Waals surface area (Å²) in [4.78, 5) is 14.2. The number of carbonyl (C=O) groups is 1. The highest BCUT2D eigenvalue weighted by atomic mass is 79.9. The lowest BCUT2D eigenvalue weighted by molar-refractivity contribution is -0.118. The summed E-state index contributed by atoms with van der Waals surface area (Å²) in [5, 5.41) is 3.27. The van der Waals surface area contributed by atoms with E-state index in [1.807, 2.05) is 30.3 Å². The van der Waals surface area contributed by atoms with Crippen LogP contribution in [0.4, 0.5) is 11.4 Å². The van der Waals surface area contributed by atoms with Crippen molar-refractivity contribution in [2.24, 2.45) is 0 Å². The van der Waals surface area contributed by atoms with Crippen molar-refractivity contribution in [3.8, 4) is 5.75 Å². The minimum absolute atomic E-state index is 0.0981. The summed E-state index contributed by atoms with van der Waals surface area (Å²) in [6.07, 6.45) is 0. The van der Waals surface area contributed by atoms with Crippen molar-refractivity contribution in [3.05, 3.63) is 52.0 Å². The van der Waals surface area contributed by atoms with Gasteiger partial charge in [-0.1, -0.05) is 27.5 Å². The van der Waals surface area contributed by atoms with Crippen molar-refractivity contribution in [1.82, 2.24) is 0 Å². The van der Waals surface area contributed by atoms with Gasteiger partial charge >= 0.3 is 0 Å². The molecule has 2 rings (SSSR count). The SMILES string of the molecule is CCN(CC)c1ccc(NC(=O)COc2ccc(Br)cc2Cl)cc1. The van der Waals surface area contributed by atoms with Crippen LogP contribution in [0, 0.1) is 0 Å². The Morgan fingerprint density at radius 1 is 1.17 bits per heavy atom. The summed E-state index contributed by atoms with van der Waals surface area (Å²) < 4.78 is 6.31. The van der Waals surface area contributed by atoms with E-state index in [2.05, 4.69) is 40.0 Å². The number of hydrogen-bond donors (Lipinski definition) is 1. The van der Waals surface area contributed by atoms with Crippen LogP contribution >= 0.6 is 27.5 Å². The van der Waals surface area contributed by atoms with Gasteiger partial charge in [0.05, 0.1) is 5.02 Å². The first-order valence-electron chi connectivity index (χ1n) is 7.76. The Morgan fingerprint density at radius 3 is 2.42 bits per heavy atom. The summed E-state index contributed by atoms with van der Waals surface area (Å²) in [5.41, 5.74) is 1.87. The van der Waals surface area contributed by atoms with E-state index >= 15 is 0 Å². The average Bonchev–Trinajstić information content (AvgIpc) is 2.56. The Balaban J connectivity index is 1.90. The van der Waals surface area contributed by atoms with Crippen LogP contribution in [-0.2, 0) is 4.79 Å². The zero-order chi connectivity index (χ0) is 17.5. The molecule has 1 N–H and O–H groups in total. The smallest absolute Gasteiger partial charge is 0.262 e. The maximum Gasteiger partial charge on any atom is 0.262 e. The number of benzene rings is 2. The minimum Gasteiger partial charge on any atom is -0.482 e. The van der Waals surface area contributed by atoms with Gasteiger partial charge in [0, 0.05) is 28.9 Å². The first-order valence-corrected chi connectivity index (χ1v) is 8.93. The molecule has 1 amide bonds. The largest absolute Gasteiger partial charge is 0.482 e. The molecule has 0 radical (unpaired) electrons. The lowest BCUT2D eigenvalue weighted by Gasteiger charge is -2.21. The molecular formula is C18H20BrClN2O2. The second kappa shape index (κ2) is 8.94. The van der Waals surface area contributed by atoms with E-state index in [1.165, 1.54) is 0 Å². The summed E-state index contributed by atoms with van der Waals surface area (Å²) in [7, 11) is 0. The van der Waals surface area contributed by atoms with Crippen LogP contribution in [0.1, 0.15) is 13.8 Å². The van der Waals surface area contributed by atoms with Crippen LogP contribution in [0.25, 0.3) is 0 Å². The summed E-state index contributed by atoms with van der Waals surface area (Å²) in [5.74, 6) is 0.247. The molecule has 0 aromatic heterocycles. The van der Waals surface area contributed by atoms with Gasteiger partial charge in [0.2, 0.25) is 0 Å². The fourth-order valence-electron chi connectivity index (χ4n) is 2.28. The molecule has 2 aromatic carbocycles. The lowest BCUT2D eigenvalue weighted by Crippen LogP contribution is -2.22. The van der Waals surface area contributed by atoms with Crippen LogP contribution < -0.4 is 15.0 Å². The minimum atomic E-state index is -0.232. The van der Waals surface area contributed by atoms with Gasteiger partial charge in [0.1, 0.15) is 5.75 Å². The number of rotatable bonds is 7. The van der Waals surface area contributed by atoms with Gasteiger partial charge in [-0.3, -0.25) is 4.79 Å². The second-order valence-corrected chi connectivity index (χ2v) is 6.45. The predicted octanol–water partition coefficient (Wildman–Crippen LogP) is 4.97. The molecule has 0 aliphatic carbocycles. The van der Waals surface area contributed by atoms with E-state index < -0.39 is 0 Å². The first kappa shape index (κ1) is 18.6. The molecule has 0 unspecified atom stereocenters. The molecular weight excluding hydrogens is 392 g/mol. The summed E-state index contributed by atoms with van der Waals surface area (Å²) >= 11 is 9.38. The molecule has 128 valence electrons. The number of hydrogen-bond acceptors (Lipinski definition) is 3. The van der Waals surface area contributed by atoms with Gasteiger partial charge in [0.25, 0.3) is 5.91 Å². The third kappa shape index (κ3) is 5.14. The van der Waals surface area contributed by atoms with E-state index in [0.29, 0.717) is 10.8 Å². The van der Waals surface area contributed by atoms with Gasteiger partial charge in [-0.25, -0.2) is 0 Å². The van der Waals surface area contributed by atoms with E-state index in [-0.39, 0.29) is 12.5 Å². The Labute approximate surface area is 155 Å². The number of anilines is 2. The van der Waals surface area contributed by atoms with Crippen LogP contribution in [0.15, 0.2) is 46.9 Å². The predicted molar refractivity (Wildman–Crippen MR) is 103 cm³/mol. The fraction of sp³-hybridized carbons (Fsp3) is 0.278. The van der Waals surface area contributed by atoms with E-state index in [4.69, 9.17) is 16.3 Å². The highest BCUT2D eigenvalue weighted by Crippen LogP contribution is 2.27. The van der Waals surface area contributed by atoms with E-state index in [0.717, 1.165) is 28.9 Å². The van der Waals surface area contributed by atoms with Crippen molar-refractivity contribution in [1.29, 1.82) is 0 Å². The number of nitrogens with one attached hydrogen (secondary N) is 1. The van der Waals surface area contributed by atoms with Crippen LogP contribution in [0.3, 0.4) is 0 Å². The number of halogens is 2. The number of amides is 1. The number of carbonyl (C=O) groups excluding carboxylic acids is 1. The lowest BCUT2D eigenvalue weighted by atomic mass is 10.2. The highest BCUT2D eigenvalue weighted by molar-refractivity contribution is 9.10. The van der Waals surface area contributed by atoms with E-state index in [9.17, 15) is 4.79 Å². The Bertz CT molecular complexity index is 688. The monoisotopic (exact) mass is 410 g/mol. The van der Waals surface area contributed by atoms with Crippen molar-refractivity contribution in [2.75, 3.05) is 29.9 Å². The number of nitrogens with zero attached hydrogens (tertiary/aromatic N) is 1. The molecule has 0 spiro atoms. The molecule has 0 saturated carbocycles. The van der Waals surface area contributed by atoms with Crippen molar-refractivity contribution >= 4 is 44.8 Å². The third-order valence-electron chi connectivity index (χ3n) is 3.53. The molecule has 0 bridgehead atoms. The van der Waals surface area contributed by atoms with Gasteiger partial charge in [0.15, 0.2) is 6.61 Å². The molecule has 6 heteroatoms. The molecule has 2 aromatic rings. The van der Waals surface area contributed by atoms with Gasteiger partial charge in [-0.2, -0.15) is 0 Å². The third-order valence-corrected chi connectivity index (χ3v) is 4.32. The highest BCUT2D eigenvalue weighted by Gasteiger charge is 2.08. The van der Waals surface area contributed by atoms with E-state index in [1.54, 1.807) is 12.1 Å². The maximum absolute atomic E-state index is 12.0. The van der Waals surface area contributed by atoms with Gasteiger partial charge in [-0.15, -0.1) is 0 Å². The molecule has 0 fully saturated rings. The van der Waals surface area contributed by atoms with Crippen molar-refractivity contribution in [2.45, 2.75) is 13.8 Å². The quantitative estimate of drug-likeness (QED) is 0.699. The van der Waals surface area contributed by atoms with Crippen molar-refractivity contribution in [3.63, 3.8) is 0 Å². The molecule has 0 saturated heterocycles. The summed E-state index contributed by atoms with van der Waals surface area (Å²) in [6, 6.07) is 13.0. The molecule has 0 aliphatic rings. The van der Waals surface area contributed by atoms with Crippen LogP contribution in [0.5, 0.6) is 5.75 Å². The Morgan fingerprint density at radius 2 is 1.83 bits per heavy atom. The fourth-order valence-corrected chi connectivity index (χ4v) is 3.00. The first-order chi connectivity index (χ1) is 11.5. The second-order valence-electron chi connectivity index (χ2n) is 5.13. The molecule has 4 nitrogen and oxygen atoms in total. The van der Waals surface area contributed by atoms with Gasteiger partial charge in [-0.05, 0) is 56.3 Å². The average molecular weight is 412 g/mol. The van der Waals surface area contributed by atoms with Crippen molar-refractivity contribution < 1.29 is 9.53 Å². The topological polar surface area (TPSA) is 41.6 Å². The molecule has 0 aliphatic heterocycles. The Kier molecular flexibility index (Phi) is 6.94. The van der Waals surface area contributed by atoms with Crippen LogP contribution in [0.2, 0.25) is 5.02 Å². The van der Waals surface area contributed by atoms with Crippen LogP contribution in [-0.4, -0.2) is 25.6 Å². The maximum atomic E-state index is 12.0. The van der Waals surface area contributed by atoms with Gasteiger partial charge < -0.3 is 15.0 Å². The molecule has 24 heavy (non-hydrogen) atoms. The molecule has 0 atom stereocenters. The molecule has 0 heterocycles. The Hall–Kier alpha value is -1.72. The summed E-state index contributed by atoms with van der Waals surface area (Å²) in [6.45, 7) is 6.03. The normalized spacial score (nSPS) is 10.3. The zero-order valence-electron chi connectivity index (χ0n) is 13.7. The zero-order valence-corrected chi connectivity index (χ0v) is 16.0. The number of ether oxygens (including phenoxy) is 1. The standard InChI is InChI=1S/C18H20BrClN2O2/c1-3-22(4-2)15-8-6-14(7-9-15)21-18(23)12-24-17-10-5-13(19)11-16(17)20/h5-11H,3-4,12H2,1-2H3,(H,21,23).